The molecule has 14 nitrogen and oxygen atoms in total. The molecule has 40 heavy (non-hydrogen) atoms. The van der Waals surface area contributed by atoms with Crippen molar-refractivity contribution < 1.29 is 34.0 Å². The first-order valence-electron chi connectivity index (χ1n) is 12.7. The molecular formula is C25H27FN8O6. The van der Waals surface area contributed by atoms with Gasteiger partial charge in [-0.05, 0) is 24.1 Å². The van der Waals surface area contributed by atoms with Gasteiger partial charge in [0.2, 0.25) is 0 Å². The molecule has 0 radical (unpaired) electrons. The maximum atomic E-state index is 13.1. The zero-order valence-corrected chi connectivity index (χ0v) is 21.1. The highest BCUT2D eigenvalue weighted by Crippen LogP contribution is 2.33. The number of aliphatic hydroxyl groups is 3. The van der Waals surface area contributed by atoms with Gasteiger partial charge in [-0.25, -0.2) is 14.1 Å². The number of aromatic nitrogens is 6. The van der Waals surface area contributed by atoms with Crippen molar-refractivity contribution in [2.24, 2.45) is 0 Å². The molecule has 1 amide bonds. The van der Waals surface area contributed by atoms with Crippen molar-refractivity contribution in [3.8, 4) is 5.95 Å². The van der Waals surface area contributed by atoms with Crippen LogP contribution in [-0.4, -0.2) is 94.7 Å². The van der Waals surface area contributed by atoms with Crippen LogP contribution in [0.25, 0.3) is 17.1 Å². The van der Waals surface area contributed by atoms with Crippen LogP contribution >= 0.6 is 0 Å². The number of fused-ring (bicyclic) bond motifs is 1. The molecular weight excluding hydrogens is 527 g/mol. The average molecular weight is 555 g/mol. The Labute approximate surface area is 226 Å². The standard InChI is InChI=1S/C25H27FN8O6/c26-15-3-1-13(2-4-15)7-27-23(38)14-8-29-34(9-14)25-31-21(30-16-5-6-39-11-16)18-22(32-25)33(12-28-18)24-20(37)19(36)17(10-35)40-24/h1-4,8-9,12,16-17,19-20,24,35-37H,5-7,10-11H2,(H,27,38)(H,30,31,32)/t16-,17-,19-,20-,24-/m1/s1. The number of halogens is 1. The summed E-state index contributed by atoms with van der Waals surface area (Å²) < 4.78 is 27.1. The summed E-state index contributed by atoms with van der Waals surface area (Å²) in [6, 6.07) is 5.79. The SMILES string of the molecule is O=C(NCc1ccc(F)cc1)c1cnn(-c2nc(N[C@@H]3CCOC3)c3ncn([C@@H]4O[C@H](CO)[C@@H](O)[C@H]4O)c3n2)c1. The Hall–Kier alpha value is -4.02. The minimum absolute atomic E-state index is 0.0181. The molecule has 5 atom stereocenters. The molecule has 0 bridgehead atoms. The molecule has 6 rings (SSSR count). The quantitative estimate of drug-likeness (QED) is 0.196. The number of hydrogen-bond donors (Lipinski definition) is 5. The van der Waals surface area contributed by atoms with Crippen molar-refractivity contribution >= 4 is 22.9 Å². The zero-order valence-electron chi connectivity index (χ0n) is 21.1. The second-order valence-electron chi connectivity index (χ2n) is 9.61. The Morgan fingerprint density at radius 3 is 2.73 bits per heavy atom. The van der Waals surface area contributed by atoms with E-state index in [0.717, 1.165) is 12.0 Å². The van der Waals surface area contributed by atoms with E-state index in [1.165, 1.54) is 40.1 Å². The van der Waals surface area contributed by atoms with E-state index in [1.807, 2.05) is 0 Å². The third-order valence-corrected chi connectivity index (χ3v) is 6.89. The third kappa shape index (κ3) is 5.00. The van der Waals surface area contributed by atoms with Gasteiger partial charge in [-0.3, -0.25) is 9.36 Å². The molecule has 5 heterocycles. The van der Waals surface area contributed by atoms with Gasteiger partial charge in [0.05, 0.1) is 37.3 Å². The molecule has 3 aromatic heterocycles. The van der Waals surface area contributed by atoms with Crippen molar-refractivity contribution in [1.29, 1.82) is 0 Å². The molecule has 2 saturated heterocycles. The van der Waals surface area contributed by atoms with Crippen LogP contribution in [0.3, 0.4) is 0 Å². The fourth-order valence-electron chi connectivity index (χ4n) is 4.68. The maximum Gasteiger partial charge on any atom is 0.254 e. The number of anilines is 1. The van der Waals surface area contributed by atoms with Crippen molar-refractivity contribution in [2.45, 2.75) is 43.5 Å². The molecule has 0 saturated carbocycles. The summed E-state index contributed by atoms with van der Waals surface area (Å²) in [7, 11) is 0. The van der Waals surface area contributed by atoms with E-state index in [1.54, 1.807) is 12.1 Å². The Bertz CT molecular complexity index is 1500. The van der Waals surface area contributed by atoms with Gasteiger partial charge in [-0.1, -0.05) is 12.1 Å². The summed E-state index contributed by atoms with van der Waals surface area (Å²) in [6.45, 7) is 0.811. The molecule has 2 aliphatic rings. The van der Waals surface area contributed by atoms with Gasteiger partial charge in [-0.15, -0.1) is 0 Å². The summed E-state index contributed by atoms with van der Waals surface area (Å²) >= 11 is 0. The molecule has 0 unspecified atom stereocenters. The highest BCUT2D eigenvalue weighted by atomic mass is 19.1. The van der Waals surface area contributed by atoms with Crippen LogP contribution in [0.5, 0.6) is 0 Å². The van der Waals surface area contributed by atoms with Crippen LogP contribution in [0.1, 0.15) is 28.6 Å². The normalized spacial score (nSPS) is 24.6. The number of rotatable bonds is 8. The fourth-order valence-corrected chi connectivity index (χ4v) is 4.68. The Balaban J connectivity index is 1.31. The largest absolute Gasteiger partial charge is 0.394 e. The molecule has 4 aromatic rings. The van der Waals surface area contributed by atoms with Gasteiger partial charge >= 0.3 is 0 Å². The van der Waals surface area contributed by atoms with Gasteiger partial charge in [0.15, 0.2) is 23.2 Å². The Morgan fingerprint density at radius 1 is 1.18 bits per heavy atom. The Morgan fingerprint density at radius 2 is 2.00 bits per heavy atom. The van der Waals surface area contributed by atoms with E-state index in [2.05, 4.69) is 30.7 Å². The monoisotopic (exact) mass is 554 g/mol. The van der Waals surface area contributed by atoms with Crippen molar-refractivity contribution in [2.75, 3.05) is 25.1 Å². The second-order valence-corrected chi connectivity index (χ2v) is 9.61. The van der Waals surface area contributed by atoms with Crippen LogP contribution in [-0.2, 0) is 16.0 Å². The molecule has 0 spiro atoms. The van der Waals surface area contributed by atoms with E-state index >= 15 is 0 Å². The van der Waals surface area contributed by atoms with Crippen molar-refractivity contribution in [3.63, 3.8) is 0 Å². The number of nitrogens with one attached hydrogen (secondary N) is 2. The Kier molecular flexibility index (Phi) is 7.12. The number of carbonyl (C=O) groups is 1. The van der Waals surface area contributed by atoms with Gasteiger partial charge in [0.1, 0.15) is 24.1 Å². The van der Waals surface area contributed by atoms with E-state index in [4.69, 9.17) is 9.47 Å². The lowest BCUT2D eigenvalue weighted by molar-refractivity contribution is -0.0511. The van der Waals surface area contributed by atoms with E-state index in [0.29, 0.717) is 24.5 Å². The zero-order chi connectivity index (χ0) is 27.8. The molecule has 0 aliphatic carbocycles. The molecule has 15 heteroatoms. The number of nitrogens with zero attached hydrogens (tertiary/aromatic N) is 6. The minimum atomic E-state index is -1.34. The number of carbonyl (C=O) groups excluding carboxylic acids is 1. The molecule has 2 aliphatic heterocycles. The molecule has 1 aromatic carbocycles. The maximum absolute atomic E-state index is 13.1. The smallest absolute Gasteiger partial charge is 0.254 e. The number of imidazole rings is 1. The number of benzene rings is 1. The summed E-state index contributed by atoms with van der Waals surface area (Å²) in [5, 5.41) is 40.7. The molecule has 210 valence electrons. The van der Waals surface area contributed by atoms with Crippen LogP contribution in [0.2, 0.25) is 0 Å². The summed E-state index contributed by atoms with van der Waals surface area (Å²) in [5.41, 5.74) is 1.65. The average Bonchev–Trinajstić information content (AvgIpc) is 3.77. The summed E-state index contributed by atoms with van der Waals surface area (Å²) in [5.74, 6) is -0.254. The van der Waals surface area contributed by atoms with Gasteiger partial charge in [0.25, 0.3) is 11.9 Å². The third-order valence-electron chi connectivity index (χ3n) is 6.89. The second kappa shape index (κ2) is 10.9. The number of aliphatic hydroxyl groups excluding tert-OH is 3. The lowest BCUT2D eigenvalue weighted by Crippen LogP contribution is -2.33. The first kappa shape index (κ1) is 26.2. The van der Waals surface area contributed by atoms with Crippen LogP contribution in [0, 0.1) is 5.82 Å². The number of amides is 1. The van der Waals surface area contributed by atoms with Crippen LogP contribution in [0.15, 0.2) is 43.0 Å². The first-order chi connectivity index (χ1) is 19.4. The van der Waals surface area contributed by atoms with Crippen LogP contribution < -0.4 is 10.6 Å². The lowest BCUT2D eigenvalue weighted by Gasteiger charge is -2.17. The van der Waals surface area contributed by atoms with Crippen molar-refractivity contribution in [1.82, 2.24) is 34.6 Å². The predicted molar refractivity (Wildman–Crippen MR) is 136 cm³/mol. The van der Waals surface area contributed by atoms with E-state index in [9.17, 15) is 24.5 Å². The highest BCUT2D eigenvalue weighted by Gasteiger charge is 2.44. The summed E-state index contributed by atoms with van der Waals surface area (Å²) in [4.78, 5) is 26.4. The van der Waals surface area contributed by atoms with Gasteiger partial charge < -0.3 is 35.4 Å². The number of ether oxygens (including phenoxy) is 2. The highest BCUT2D eigenvalue weighted by molar-refractivity contribution is 5.93. The molecule has 5 N–H and O–H groups in total. The summed E-state index contributed by atoms with van der Waals surface area (Å²) in [6.07, 6.45) is 0.333. The van der Waals surface area contributed by atoms with Crippen LogP contribution in [0.4, 0.5) is 10.2 Å². The van der Waals surface area contributed by atoms with Crippen molar-refractivity contribution in [3.05, 3.63) is 59.9 Å². The van der Waals surface area contributed by atoms with E-state index in [-0.39, 0.29) is 35.6 Å². The lowest BCUT2D eigenvalue weighted by atomic mass is 10.1. The minimum Gasteiger partial charge on any atom is -0.394 e. The predicted octanol–water partition coefficient (Wildman–Crippen LogP) is -0.107. The number of hydrogen-bond acceptors (Lipinski definition) is 11. The molecule has 2 fully saturated rings. The van der Waals surface area contributed by atoms with E-state index < -0.39 is 37.1 Å². The first-order valence-corrected chi connectivity index (χ1v) is 12.7. The fraction of sp³-hybridized carbons (Fsp3) is 0.400. The van der Waals surface area contributed by atoms with Gasteiger partial charge in [-0.2, -0.15) is 15.1 Å². The van der Waals surface area contributed by atoms with Gasteiger partial charge in [0, 0.05) is 19.3 Å². The topological polar surface area (TPSA) is 182 Å².